The molecule has 1 saturated heterocycles. The molecule has 0 atom stereocenters. The van der Waals surface area contributed by atoms with Crippen LogP contribution in [-0.4, -0.2) is 28.0 Å². The third-order valence-corrected chi connectivity index (χ3v) is 2.74. The Hall–Kier alpha value is -0.900. The minimum absolute atomic E-state index is 0.447. The van der Waals surface area contributed by atoms with Gasteiger partial charge in [-0.15, -0.1) is 10.2 Å². The van der Waals surface area contributed by atoms with Gasteiger partial charge < -0.3 is 9.30 Å². The van der Waals surface area contributed by atoms with E-state index in [4.69, 9.17) is 4.74 Å². The van der Waals surface area contributed by atoms with Gasteiger partial charge in [-0.2, -0.15) is 0 Å². The monoisotopic (exact) mass is 195 g/mol. The maximum atomic E-state index is 5.34. The van der Waals surface area contributed by atoms with Crippen molar-refractivity contribution in [2.75, 3.05) is 13.2 Å². The number of aromatic nitrogens is 3. The van der Waals surface area contributed by atoms with Gasteiger partial charge in [-0.1, -0.05) is 0 Å². The molecule has 4 nitrogen and oxygen atoms in total. The SMILES string of the molecule is CC(C)n1cnnc1C1CCOCC1. The van der Waals surface area contributed by atoms with E-state index in [1.54, 1.807) is 0 Å². The number of hydrogen-bond acceptors (Lipinski definition) is 3. The highest BCUT2D eigenvalue weighted by Gasteiger charge is 2.21. The van der Waals surface area contributed by atoms with Crippen LogP contribution in [0.15, 0.2) is 6.33 Å². The van der Waals surface area contributed by atoms with Gasteiger partial charge in [0, 0.05) is 25.2 Å². The lowest BCUT2D eigenvalue weighted by atomic mass is 9.99. The summed E-state index contributed by atoms with van der Waals surface area (Å²) >= 11 is 0. The lowest BCUT2D eigenvalue weighted by molar-refractivity contribution is 0.0825. The first-order chi connectivity index (χ1) is 6.79. The Kier molecular flexibility index (Phi) is 2.82. The van der Waals surface area contributed by atoms with Crippen molar-refractivity contribution in [3.8, 4) is 0 Å². The third kappa shape index (κ3) is 1.80. The maximum absolute atomic E-state index is 5.34. The van der Waals surface area contributed by atoms with Crippen molar-refractivity contribution in [2.24, 2.45) is 0 Å². The molecule has 0 radical (unpaired) electrons. The van der Waals surface area contributed by atoms with Gasteiger partial charge in [-0.3, -0.25) is 0 Å². The van der Waals surface area contributed by atoms with E-state index >= 15 is 0 Å². The molecule has 1 aromatic rings. The summed E-state index contributed by atoms with van der Waals surface area (Å²) in [5.41, 5.74) is 0. The standard InChI is InChI=1S/C10H17N3O/c1-8(2)13-7-11-12-10(13)9-3-5-14-6-4-9/h7-9H,3-6H2,1-2H3. The van der Waals surface area contributed by atoms with Gasteiger partial charge in [0.25, 0.3) is 0 Å². The molecule has 0 amide bonds. The summed E-state index contributed by atoms with van der Waals surface area (Å²) in [5, 5.41) is 8.21. The molecule has 14 heavy (non-hydrogen) atoms. The zero-order valence-corrected chi connectivity index (χ0v) is 8.81. The molecule has 0 bridgehead atoms. The largest absolute Gasteiger partial charge is 0.381 e. The molecule has 0 N–H and O–H groups in total. The molecule has 0 saturated carbocycles. The molecular weight excluding hydrogens is 178 g/mol. The lowest BCUT2D eigenvalue weighted by Gasteiger charge is -2.22. The summed E-state index contributed by atoms with van der Waals surface area (Å²) in [4.78, 5) is 0. The minimum atomic E-state index is 0.447. The maximum Gasteiger partial charge on any atom is 0.136 e. The second-order valence-electron chi connectivity index (χ2n) is 4.08. The molecule has 1 fully saturated rings. The molecule has 2 rings (SSSR count). The van der Waals surface area contributed by atoms with Crippen LogP contribution >= 0.6 is 0 Å². The fourth-order valence-corrected chi connectivity index (χ4v) is 1.90. The van der Waals surface area contributed by atoms with Crippen LogP contribution in [-0.2, 0) is 4.74 Å². The van der Waals surface area contributed by atoms with Crippen molar-refractivity contribution >= 4 is 0 Å². The summed E-state index contributed by atoms with van der Waals surface area (Å²) in [6.07, 6.45) is 3.98. The Morgan fingerprint density at radius 2 is 2.14 bits per heavy atom. The van der Waals surface area contributed by atoms with E-state index < -0.39 is 0 Å². The first-order valence-corrected chi connectivity index (χ1v) is 5.26. The Bertz CT molecular complexity index is 289. The van der Waals surface area contributed by atoms with Crippen LogP contribution in [0.2, 0.25) is 0 Å². The minimum Gasteiger partial charge on any atom is -0.381 e. The molecule has 1 aliphatic rings. The highest BCUT2D eigenvalue weighted by molar-refractivity contribution is 4.98. The quantitative estimate of drug-likeness (QED) is 0.721. The van der Waals surface area contributed by atoms with Crippen LogP contribution in [0.25, 0.3) is 0 Å². The van der Waals surface area contributed by atoms with Crippen molar-refractivity contribution in [1.29, 1.82) is 0 Å². The second-order valence-corrected chi connectivity index (χ2v) is 4.08. The van der Waals surface area contributed by atoms with Crippen molar-refractivity contribution in [3.05, 3.63) is 12.2 Å². The molecule has 78 valence electrons. The predicted molar refractivity (Wildman–Crippen MR) is 53.2 cm³/mol. The smallest absolute Gasteiger partial charge is 0.136 e. The Labute approximate surface area is 84.3 Å². The van der Waals surface area contributed by atoms with Crippen molar-refractivity contribution < 1.29 is 4.74 Å². The first kappa shape index (κ1) is 9.65. The molecule has 2 heterocycles. The van der Waals surface area contributed by atoms with E-state index in [2.05, 4.69) is 28.6 Å². The molecule has 0 aromatic carbocycles. The van der Waals surface area contributed by atoms with E-state index in [0.717, 1.165) is 31.9 Å². The van der Waals surface area contributed by atoms with Gasteiger partial charge >= 0.3 is 0 Å². The van der Waals surface area contributed by atoms with Crippen LogP contribution in [0.3, 0.4) is 0 Å². The van der Waals surface area contributed by atoms with Crippen LogP contribution in [0.1, 0.15) is 44.5 Å². The summed E-state index contributed by atoms with van der Waals surface area (Å²) in [6, 6.07) is 0.447. The topological polar surface area (TPSA) is 39.9 Å². The molecule has 4 heteroatoms. The van der Waals surface area contributed by atoms with E-state index in [0.29, 0.717) is 12.0 Å². The first-order valence-electron chi connectivity index (χ1n) is 5.26. The van der Waals surface area contributed by atoms with Crippen LogP contribution in [0, 0.1) is 0 Å². The van der Waals surface area contributed by atoms with E-state index in [9.17, 15) is 0 Å². The molecular formula is C10H17N3O. The number of rotatable bonds is 2. The fourth-order valence-electron chi connectivity index (χ4n) is 1.90. The van der Waals surface area contributed by atoms with E-state index in [-0.39, 0.29) is 0 Å². The van der Waals surface area contributed by atoms with Crippen molar-refractivity contribution in [2.45, 2.75) is 38.6 Å². The van der Waals surface area contributed by atoms with E-state index in [1.807, 2.05) is 6.33 Å². The number of nitrogens with zero attached hydrogens (tertiary/aromatic N) is 3. The van der Waals surface area contributed by atoms with Crippen LogP contribution in [0.5, 0.6) is 0 Å². The molecule has 0 aliphatic carbocycles. The summed E-state index contributed by atoms with van der Waals surface area (Å²) < 4.78 is 7.50. The normalized spacial score (nSPS) is 19.1. The Morgan fingerprint density at radius 3 is 2.79 bits per heavy atom. The average Bonchev–Trinajstić information content (AvgIpc) is 2.67. The lowest BCUT2D eigenvalue weighted by Crippen LogP contribution is -2.18. The van der Waals surface area contributed by atoms with E-state index in [1.165, 1.54) is 0 Å². The second kappa shape index (κ2) is 4.09. The fraction of sp³-hybridized carbons (Fsp3) is 0.800. The van der Waals surface area contributed by atoms with Crippen molar-refractivity contribution in [3.63, 3.8) is 0 Å². The van der Waals surface area contributed by atoms with Crippen LogP contribution < -0.4 is 0 Å². The molecule has 1 aromatic heterocycles. The van der Waals surface area contributed by atoms with Gasteiger partial charge in [0.2, 0.25) is 0 Å². The van der Waals surface area contributed by atoms with Crippen molar-refractivity contribution in [1.82, 2.24) is 14.8 Å². The zero-order chi connectivity index (χ0) is 9.97. The highest BCUT2D eigenvalue weighted by Crippen LogP contribution is 2.26. The Morgan fingerprint density at radius 1 is 1.43 bits per heavy atom. The summed E-state index contributed by atoms with van der Waals surface area (Å²) in [5.74, 6) is 1.66. The zero-order valence-electron chi connectivity index (χ0n) is 8.81. The predicted octanol–water partition coefficient (Wildman–Crippen LogP) is 1.75. The van der Waals surface area contributed by atoms with Gasteiger partial charge in [-0.25, -0.2) is 0 Å². The number of ether oxygens (including phenoxy) is 1. The van der Waals surface area contributed by atoms with Gasteiger partial charge in [0.05, 0.1) is 0 Å². The highest BCUT2D eigenvalue weighted by atomic mass is 16.5. The molecule has 1 aliphatic heterocycles. The van der Waals surface area contributed by atoms with Gasteiger partial charge in [0.1, 0.15) is 12.2 Å². The molecule has 0 unspecified atom stereocenters. The molecule has 0 spiro atoms. The van der Waals surface area contributed by atoms with Gasteiger partial charge in [0.15, 0.2) is 0 Å². The Balaban J connectivity index is 2.17. The number of hydrogen-bond donors (Lipinski definition) is 0. The third-order valence-electron chi connectivity index (χ3n) is 2.74. The summed E-state index contributed by atoms with van der Waals surface area (Å²) in [6.45, 7) is 6.03. The average molecular weight is 195 g/mol. The van der Waals surface area contributed by atoms with Gasteiger partial charge in [-0.05, 0) is 26.7 Å². The van der Waals surface area contributed by atoms with Crippen LogP contribution in [0.4, 0.5) is 0 Å². The summed E-state index contributed by atoms with van der Waals surface area (Å²) in [7, 11) is 0.